The zero-order chi connectivity index (χ0) is 13.7. The van der Waals surface area contributed by atoms with Crippen LogP contribution in [-0.4, -0.2) is 49.6 Å². The van der Waals surface area contributed by atoms with Gasteiger partial charge in [0.1, 0.15) is 0 Å². The van der Waals surface area contributed by atoms with Crippen molar-refractivity contribution in [3.63, 3.8) is 0 Å². The monoisotopic (exact) mass is 267 g/mol. The molecule has 2 rings (SSSR count). The number of hydrogen-bond donors (Lipinski definition) is 2. The highest BCUT2D eigenvalue weighted by molar-refractivity contribution is 5.79. The molecule has 0 aromatic heterocycles. The van der Waals surface area contributed by atoms with Crippen molar-refractivity contribution in [2.75, 3.05) is 32.7 Å². The molecule has 0 bridgehead atoms. The molecule has 0 aliphatic carbocycles. The van der Waals surface area contributed by atoms with Crippen molar-refractivity contribution in [1.82, 2.24) is 15.5 Å². The maximum atomic E-state index is 12.2. The number of nitrogens with zero attached hydrogens (tertiary/aromatic N) is 1. The van der Waals surface area contributed by atoms with Crippen LogP contribution in [-0.2, 0) is 4.79 Å². The summed E-state index contributed by atoms with van der Waals surface area (Å²) in [6.45, 7) is 9.64. The minimum atomic E-state index is 0.181. The second kappa shape index (κ2) is 7.25. The van der Waals surface area contributed by atoms with Gasteiger partial charge in [-0.1, -0.05) is 13.8 Å². The molecule has 0 aromatic carbocycles. The van der Waals surface area contributed by atoms with Gasteiger partial charge in [0.25, 0.3) is 0 Å². The van der Waals surface area contributed by atoms with Crippen molar-refractivity contribution in [2.24, 2.45) is 11.8 Å². The summed E-state index contributed by atoms with van der Waals surface area (Å²) in [5, 5.41) is 6.50. The summed E-state index contributed by atoms with van der Waals surface area (Å²) >= 11 is 0. The van der Waals surface area contributed by atoms with Gasteiger partial charge in [0, 0.05) is 19.1 Å². The zero-order valence-electron chi connectivity index (χ0n) is 12.5. The van der Waals surface area contributed by atoms with E-state index >= 15 is 0 Å². The first-order valence-corrected chi connectivity index (χ1v) is 7.91. The van der Waals surface area contributed by atoms with Gasteiger partial charge in [-0.05, 0) is 51.2 Å². The van der Waals surface area contributed by atoms with Crippen molar-refractivity contribution in [2.45, 2.75) is 45.6 Å². The minimum absolute atomic E-state index is 0.181. The van der Waals surface area contributed by atoms with Crippen LogP contribution >= 0.6 is 0 Å². The van der Waals surface area contributed by atoms with E-state index in [2.05, 4.69) is 29.4 Å². The van der Waals surface area contributed by atoms with Crippen LogP contribution in [0.4, 0.5) is 0 Å². The van der Waals surface area contributed by atoms with E-state index in [0.29, 0.717) is 12.0 Å². The zero-order valence-corrected chi connectivity index (χ0v) is 12.5. The molecule has 110 valence electrons. The topological polar surface area (TPSA) is 44.4 Å². The largest absolute Gasteiger partial charge is 0.354 e. The quantitative estimate of drug-likeness (QED) is 0.787. The molecule has 2 atom stereocenters. The number of carbonyl (C=O) groups is 1. The molecule has 2 aliphatic rings. The highest BCUT2D eigenvalue weighted by Gasteiger charge is 2.26. The molecule has 1 amide bonds. The van der Waals surface area contributed by atoms with E-state index in [0.717, 1.165) is 32.5 Å². The molecule has 4 nitrogen and oxygen atoms in total. The maximum Gasteiger partial charge on any atom is 0.224 e. The average Bonchev–Trinajstić information content (AvgIpc) is 2.93. The van der Waals surface area contributed by atoms with Crippen LogP contribution in [0.2, 0.25) is 0 Å². The average molecular weight is 267 g/mol. The number of piperidine rings is 1. The fraction of sp³-hybridized carbons (Fsp3) is 0.933. The van der Waals surface area contributed by atoms with Gasteiger partial charge >= 0.3 is 0 Å². The molecule has 4 heteroatoms. The first kappa shape index (κ1) is 14.8. The lowest BCUT2D eigenvalue weighted by Crippen LogP contribution is -2.48. The van der Waals surface area contributed by atoms with Gasteiger partial charge in [0.2, 0.25) is 5.91 Å². The van der Waals surface area contributed by atoms with E-state index < -0.39 is 0 Å². The normalized spacial score (nSPS) is 26.6. The molecule has 0 saturated carbocycles. The van der Waals surface area contributed by atoms with E-state index in [1.807, 2.05) is 0 Å². The SMILES string of the molecule is CC(C)C(CNC(=O)[C@@H]1CCCNC1)N1CCCC1. The molecule has 2 aliphatic heterocycles. The molecule has 19 heavy (non-hydrogen) atoms. The molecule has 0 spiro atoms. The number of rotatable bonds is 5. The number of nitrogens with one attached hydrogen (secondary N) is 2. The highest BCUT2D eigenvalue weighted by atomic mass is 16.1. The van der Waals surface area contributed by atoms with Crippen molar-refractivity contribution in [3.8, 4) is 0 Å². The van der Waals surface area contributed by atoms with Crippen LogP contribution in [0.3, 0.4) is 0 Å². The molecular formula is C15H29N3O. The summed E-state index contributed by atoms with van der Waals surface area (Å²) in [5.41, 5.74) is 0. The second-order valence-electron chi connectivity index (χ2n) is 6.34. The van der Waals surface area contributed by atoms with E-state index in [9.17, 15) is 4.79 Å². The van der Waals surface area contributed by atoms with Gasteiger partial charge in [-0.2, -0.15) is 0 Å². The molecular weight excluding hydrogens is 238 g/mol. The molecule has 2 fully saturated rings. The van der Waals surface area contributed by atoms with E-state index in [1.165, 1.54) is 25.9 Å². The Hall–Kier alpha value is -0.610. The van der Waals surface area contributed by atoms with Gasteiger partial charge in [-0.15, -0.1) is 0 Å². The predicted octanol–water partition coefficient (Wildman–Crippen LogP) is 1.22. The summed E-state index contributed by atoms with van der Waals surface area (Å²) in [5.74, 6) is 1.03. The molecule has 2 saturated heterocycles. The predicted molar refractivity (Wildman–Crippen MR) is 78.0 cm³/mol. The second-order valence-corrected chi connectivity index (χ2v) is 6.34. The van der Waals surface area contributed by atoms with E-state index in [-0.39, 0.29) is 11.8 Å². The number of hydrogen-bond acceptors (Lipinski definition) is 3. The standard InChI is InChI=1S/C15H29N3O/c1-12(2)14(18-8-3-4-9-18)11-17-15(19)13-6-5-7-16-10-13/h12-14,16H,3-11H2,1-2H3,(H,17,19)/t13-,14?/m1/s1. The lowest BCUT2D eigenvalue weighted by atomic mass is 9.98. The molecule has 0 aromatic rings. The third kappa shape index (κ3) is 4.18. The lowest BCUT2D eigenvalue weighted by molar-refractivity contribution is -0.125. The Morgan fingerprint density at radius 2 is 2.05 bits per heavy atom. The number of carbonyl (C=O) groups excluding carboxylic acids is 1. The lowest BCUT2D eigenvalue weighted by Gasteiger charge is -2.32. The van der Waals surface area contributed by atoms with Gasteiger partial charge in [-0.25, -0.2) is 0 Å². The fourth-order valence-corrected chi connectivity index (χ4v) is 3.28. The van der Waals surface area contributed by atoms with Gasteiger partial charge in [-0.3, -0.25) is 9.69 Å². The summed E-state index contributed by atoms with van der Waals surface area (Å²) < 4.78 is 0. The van der Waals surface area contributed by atoms with E-state index in [1.54, 1.807) is 0 Å². The summed E-state index contributed by atoms with van der Waals surface area (Å²) in [6, 6.07) is 0.503. The number of amides is 1. The minimum Gasteiger partial charge on any atom is -0.354 e. The molecule has 2 N–H and O–H groups in total. The Balaban J connectivity index is 1.79. The molecule has 0 radical (unpaired) electrons. The Bertz CT molecular complexity index is 281. The van der Waals surface area contributed by atoms with Crippen LogP contribution in [0, 0.1) is 11.8 Å². The van der Waals surface area contributed by atoms with Crippen LogP contribution in [0.1, 0.15) is 39.5 Å². The van der Waals surface area contributed by atoms with Gasteiger partial charge in [0.15, 0.2) is 0 Å². The van der Waals surface area contributed by atoms with E-state index in [4.69, 9.17) is 0 Å². The number of likely N-dealkylation sites (tertiary alicyclic amines) is 1. The summed E-state index contributed by atoms with van der Waals surface area (Å²) in [7, 11) is 0. The van der Waals surface area contributed by atoms with Crippen LogP contribution in [0.5, 0.6) is 0 Å². The Kier molecular flexibility index (Phi) is 5.64. The van der Waals surface area contributed by atoms with Crippen molar-refractivity contribution < 1.29 is 4.79 Å². The maximum absolute atomic E-state index is 12.2. The first-order chi connectivity index (χ1) is 9.18. The van der Waals surface area contributed by atoms with Crippen molar-refractivity contribution >= 4 is 5.91 Å². The molecule has 1 unspecified atom stereocenters. The van der Waals surface area contributed by atoms with Crippen LogP contribution in [0.25, 0.3) is 0 Å². The third-order valence-electron chi connectivity index (χ3n) is 4.53. The summed E-state index contributed by atoms with van der Waals surface area (Å²) in [6.07, 6.45) is 4.78. The van der Waals surface area contributed by atoms with Gasteiger partial charge < -0.3 is 10.6 Å². The molecule has 2 heterocycles. The van der Waals surface area contributed by atoms with Crippen LogP contribution in [0.15, 0.2) is 0 Å². The van der Waals surface area contributed by atoms with Crippen molar-refractivity contribution in [3.05, 3.63) is 0 Å². The third-order valence-corrected chi connectivity index (χ3v) is 4.53. The summed E-state index contributed by atoms with van der Waals surface area (Å²) in [4.78, 5) is 14.7. The fourth-order valence-electron chi connectivity index (χ4n) is 3.28. The Labute approximate surface area is 117 Å². The Morgan fingerprint density at radius 3 is 2.63 bits per heavy atom. The van der Waals surface area contributed by atoms with Crippen molar-refractivity contribution in [1.29, 1.82) is 0 Å². The highest BCUT2D eigenvalue weighted by Crippen LogP contribution is 2.17. The van der Waals surface area contributed by atoms with Crippen LogP contribution < -0.4 is 10.6 Å². The smallest absolute Gasteiger partial charge is 0.224 e. The first-order valence-electron chi connectivity index (χ1n) is 7.91. The Morgan fingerprint density at radius 1 is 1.32 bits per heavy atom. The van der Waals surface area contributed by atoms with Gasteiger partial charge in [0.05, 0.1) is 5.92 Å².